The smallest absolute Gasteiger partial charge is 0.356 e. The van der Waals surface area contributed by atoms with Crippen LogP contribution in [0.5, 0.6) is 0 Å². The van der Waals surface area contributed by atoms with Crippen molar-refractivity contribution in [2.24, 2.45) is 11.7 Å². The van der Waals surface area contributed by atoms with Gasteiger partial charge in [0, 0.05) is 25.2 Å². The molecule has 0 amide bonds. The Hall–Kier alpha value is -1.37. The highest BCUT2D eigenvalue weighted by Gasteiger charge is 2.42. The van der Waals surface area contributed by atoms with Crippen LogP contribution < -0.4 is 10.6 Å². The number of rotatable bonds is 2. The first-order valence-corrected chi connectivity index (χ1v) is 6.08. The van der Waals surface area contributed by atoms with Gasteiger partial charge in [-0.15, -0.1) is 0 Å². The average molecular weight is 277 g/mol. The Bertz CT molecular complexity index is 447. The maximum atomic E-state index is 13.1. The molecule has 0 spiro atoms. The SMILES string of the molecule is NCc1cc(F)cnc1N1CCCC(C(F)(F)F)C1. The summed E-state index contributed by atoms with van der Waals surface area (Å²) in [7, 11) is 0. The Kier molecular flexibility index (Phi) is 3.93. The van der Waals surface area contributed by atoms with E-state index < -0.39 is 17.9 Å². The molecule has 1 aromatic heterocycles. The maximum absolute atomic E-state index is 13.1. The topological polar surface area (TPSA) is 42.1 Å². The minimum atomic E-state index is -4.21. The third-order valence-electron chi connectivity index (χ3n) is 3.31. The van der Waals surface area contributed by atoms with Crippen LogP contribution in [-0.4, -0.2) is 24.2 Å². The van der Waals surface area contributed by atoms with Gasteiger partial charge in [-0.3, -0.25) is 0 Å². The lowest BCUT2D eigenvalue weighted by atomic mass is 9.97. The van der Waals surface area contributed by atoms with E-state index in [1.54, 1.807) is 4.90 Å². The summed E-state index contributed by atoms with van der Waals surface area (Å²) in [6.07, 6.45) is -2.64. The molecule has 1 aliphatic heterocycles. The van der Waals surface area contributed by atoms with E-state index >= 15 is 0 Å². The highest BCUT2D eigenvalue weighted by atomic mass is 19.4. The fourth-order valence-electron chi connectivity index (χ4n) is 2.35. The van der Waals surface area contributed by atoms with Gasteiger partial charge in [-0.1, -0.05) is 0 Å². The third kappa shape index (κ3) is 3.15. The second-order valence-corrected chi connectivity index (χ2v) is 4.67. The molecule has 3 nitrogen and oxygen atoms in total. The largest absolute Gasteiger partial charge is 0.393 e. The molecule has 2 N–H and O–H groups in total. The van der Waals surface area contributed by atoms with Crippen molar-refractivity contribution < 1.29 is 17.6 Å². The lowest BCUT2D eigenvalue weighted by Crippen LogP contribution is -2.42. The van der Waals surface area contributed by atoms with E-state index in [1.165, 1.54) is 6.07 Å². The molecule has 1 unspecified atom stereocenters. The number of halogens is 4. The van der Waals surface area contributed by atoms with Gasteiger partial charge in [-0.2, -0.15) is 13.2 Å². The molecule has 1 aromatic rings. The van der Waals surface area contributed by atoms with Gasteiger partial charge in [0.15, 0.2) is 0 Å². The van der Waals surface area contributed by atoms with Crippen LogP contribution in [-0.2, 0) is 6.54 Å². The summed E-state index contributed by atoms with van der Waals surface area (Å²) in [6, 6.07) is 1.22. The number of pyridine rings is 1. The molecule has 19 heavy (non-hydrogen) atoms. The third-order valence-corrected chi connectivity index (χ3v) is 3.31. The number of hydrogen-bond acceptors (Lipinski definition) is 3. The molecule has 7 heteroatoms. The van der Waals surface area contributed by atoms with Crippen LogP contribution in [0.15, 0.2) is 12.3 Å². The first-order valence-electron chi connectivity index (χ1n) is 6.08. The Balaban J connectivity index is 2.22. The quantitative estimate of drug-likeness (QED) is 0.844. The molecule has 1 aliphatic rings. The van der Waals surface area contributed by atoms with Crippen LogP contribution >= 0.6 is 0 Å². The number of hydrogen-bond donors (Lipinski definition) is 1. The van der Waals surface area contributed by atoms with Crippen molar-refractivity contribution in [2.75, 3.05) is 18.0 Å². The minimum absolute atomic E-state index is 0.0489. The number of aromatic nitrogens is 1. The van der Waals surface area contributed by atoms with Gasteiger partial charge < -0.3 is 10.6 Å². The predicted octanol–water partition coefficient (Wildman–Crippen LogP) is 2.46. The standard InChI is InChI=1S/C12H15F4N3/c13-10-4-8(5-17)11(18-6-10)19-3-1-2-9(7-19)12(14,15)16/h4,6,9H,1-3,5,7,17H2. The molecule has 1 saturated heterocycles. The molecule has 0 bridgehead atoms. The highest BCUT2D eigenvalue weighted by Crippen LogP contribution is 2.35. The molecule has 0 aromatic carbocycles. The monoisotopic (exact) mass is 277 g/mol. The van der Waals surface area contributed by atoms with Crippen LogP contribution in [0, 0.1) is 11.7 Å². The summed E-state index contributed by atoms with van der Waals surface area (Å²) in [4.78, 5) is 5.44. The second-order valence-electron chi connectivity index (χ2n) is 4.67. The average Bonchev–Trinajstić information content (AvgIpc) is 2.37. The number of nitrogens with two attached hydrogens (primary N) is 1. The number of anilines is 1. The van der Waals surface area contributed by atoms with Crippen LogP contribution in [0.4, 0.5) is 23.4 Å². The van der Waals surface area contributed by atoms with Crippen LogP contribution in [0.1, 0.15) is 18.4 Å². The van der Waals surface area contributed by atoms with Crippen LogP contribution in [0.25, 0.3) is 0 Å². The zero-order valence-corrected chi connectivity index (χ0v) is 10.3. The van der Waals surface area contributed by atoms with Gasteiger partial charge in [-0.05, 0) is 18.9 Å². The molecular formula is C12H15F4N3. The second kappa shape index (κ2) is 5.32. The fraction of sp³-hybridized carbons (Fsp3) is 0.583. The summed E-state index contributed by atoms with van der Waals surface area (Å²) in [5.41, 5.74) is 5.92. The van der Waals surface area contributed by atoms with Crippen molar-refractivity contribution in [1.82, 2.24) is 4.98 Å². The van der Waals surface area contributed by atoms with Gasteiger partial charge in [-0.25, -0.2) is 9.37 Å². The normalized spacial score (nSPS) is 20.7. The number of nitrogens with zero attached hydrogens (tertiary/aromatic N) is 2. The van der Waals surface area contributed by atoms with E-state index in [9.17, 15) is 17.6 Å². The van der Waals surface area contributed by atoms with Gasteiger partial charge in [0.05, 0.1) is 12.1 Å². The zero-order chi connectivity index (χ0) is 14.0. The number of piperidine rings is 1. The summed E-state index contributed by atoms with van der Waals surface area (Å²) in [5, 5.41) is 0. The summed E-state index contributed by atoms with van der Waals surface area (Å²) >= 11 is 0. The van der Waals surface area contributed by atoms with E-state index in [-0.39, 0.29) is 19.5 Å². The van der Waals surface area contributed by atoms with Gasteiger partial charge in [0.25, 0.3) is 0 Å². The molecule has 1 fully saturated rings. The summed E-state index contributed by atoms with van der Waals surface area (Å²) in [5.74, 6) is -1.54. The van der Waals surface area contributed by atoms with Crippen molar-refractivity contribution in [3.05, 3.63) is 23.6 Å². The van der Waals surface area contributed by atoms with Gasteiger partial charge in [0.2, 0.25) is 0 Å². The van der Waals surface area contributed by atoms with Gasteiger partial charge in [0.1, 0.15) is 11.6 Å². The van der Waals surface area contributed by atoms with E-state index in [4.69, 9.17) is 5.73 Å². The van der Waals surface area contributed by atoms with Crippen molar-refractivity contribution in [3.8, 4) is 0 Å². The fourth-order valence-corrected chi connectivity index (χ4v) is 2.35. The molecule has 0 radical (unpaired) electrons. The number of alkyl halides is 3. The maximum Gasteiger partial charge on any atom is 0.393 e. The predicted molar refractivity (Wildman–Crippen MR) is 63.1 cm³/mol. The van der Waals surface area contributed by atoms with E-state index in [0.717, 1.165) is 6.20 Å². The molecule has 2 rings (SSSR count). The van der Waals surface area contributed by atoms with Crippen molar-refractivity contribution in [1.29, 1.82) is 0 Å². The van der Waals surface area contributed by atoms with Crippen molar-refractivity contribution in [3.63, 3.8) is 0 Å². The molecule has 1 atom stereocenters. The molecule has 0 saturated carbocycles. The van der Waals surface area contributed by atoms with E-state index in [2.05, 4.69) is 4.98 Å². The Morgan fingerprint density at radius 2 is 2.16 bits per heavy atom. The highest BCUT2D eigenvalue weighted by molar-refractivity contribution is 5.47. The lowest BCUT2D eigenvalue weighted by Gasteiger charge is -2.35. The Labute approximate surface area is 108 Å². The van der Waals surface area contributed by atoms with Crippen LogP contribution in [0.2, 0.25) is 0 Å². The van der Waals surface area contributed by atoms with Crippen LogP contribution in [0.3, 0.4) is 0 Å². The van der Waals surface area contributed by atoms with Gasteiger partial charge >= 0.3 is 6.18 Å². The van der Waals surface area contributed by atoms with E-state index in [0.29, 0.717) is 24.3 Å². The molecule has 106 valence electrons. The first kappa shape index (κ1) is 14.0. The van der Waals surface area contributed by atoms with Crippen molar-refractivity contribution in [2.45, 2.75) is 25.6 Å². The Morgan fingerprint density at radius 3 is 2.79 bits per heavy atom. The molecular weight excluding hydrogens is 262 g/mol. The molecule has 0 aliphatic carbocycles. The minimum Gasteiger partial charge on any atom is -0.356 e. The van der Waals surface area contributed by atoms with Crippen molar-refractivity contribution >= 4 is 5.82 Å². The van der Waals surface area contributed by atoms with E-state index in [1.807, 2.05) is 0 Å². The zero-order valence-electron chi connectivity index (χ0n) is 10.3. The molecule has 2 heterocycles. The summed E-state index contributed by atoms with van der Waals surface area (Å²) < 4.78 is 51.3. The Morgan fingerprint density at radius 1 is 1.42 bits per heavy atom. The summed E-state index contributed by atoms with van der Waals surface area (Å²) in [6.45, 7) is 0.390. The first-order chi connectivity index (χ1) is 8.91. The lowest BCUT2D eigenvalue weighted by molar-refractivity contribution is -0.176.